The molecule has 0 aliphatic carbocycles. The molecular weight excluding hydrogens is 323 g/mol. The predicted molar refractivity (Wildman–Crippen MR) is 85.9 cm³/mol. The van der Waals surface area contributed by atoms with E-state index in [0.29, 0.717) is 6.54 Å². The third kappa shape index (κ3) is 14.3. The van der Waals surface area contributed by atoms with E-state index in [1.807, 2.05) is 12.2 Å². The van der Waals surface area contributed by atoms with Crippen molar-refractivity contribution in [1.82, 2.24) is 4.90 Å². The summed E-state index contributed by atoms with van der Waals surface area (Å²) in [6.07, 6.45) is 6.70. The van der Waals surface area contributed by atoms with Gasteiger partial charge in [-0.05, 0) is 32.6 Å². The summed E-state index contributed by atoms with van der Waals surface area (Å²) in [5.74, 6) is -1.15. The maximum Gasteiger partial charge on any atom is 1.00 e. The van der Waals surface area contributed by atoms with E-state index < -0.39 is 18.1 Å². The van der Waals surface area contributed by atoms with Gasteiger partial charge in [-0.3, -0.25) is 9.69 Å². The van der Waals surface area contributed by atoms with Crippen molar-refractivity contribution < 1.29 is 71.5 Å². The van der Waals surface area contributed by atoms with Crippen LogP contribution >= 0.6 is 0 Å². The van der Waals surface area contributed by atoms with Gasteiger partial charge >= 0.3 is 57.4 Å². The molecule has 0 spiro atoms. The normalized spacial score (nSPS) is 14.7. The minimum atomic E-state index is -0.953. The number of rotatable bonds is 12. The van der Waals surface area contributed by atoms with E-state index in [1.54, 1.807) is 18.7 Å². The molecule has 0 fully saturated rings. The third-order valence-electron chi connectivity index (χ3n) is 3.26. The summed E-state index contributed by atoms with van der Waals surface area (Å²) in [4.78, 5) is 16.6. The summed E-state index contributed by atoms with van der Waals surface area (Å²) in [6, 6.07) is -0.714. The third-order valence-corrected chi connectivity index (χ3v) is 3.26. The van der Waals surface area contributed by atoms with Crippen LogP contribution in [0.4, 0.5) is 0 Å². The first-order valence-electron chi connectivity index (χ1n) is 7.88. The van der Waals surface area contributed by atoms with E-state index >= 15 is 0 Å². The van der Waals surface area contributed by atoms with E-state index in [-0.39, 0.29) is 76.8 Å². The number of aliphatic hydroxyl groups is 1. The van der Waals surface area contributed by atoms with Crippen molar-refractivity contribution in [1.29, 1.82) is 0 Å². The summed E-state index contributed by atoms with van der Waals surface area (Å²) < 4.78 is 0. The molecule has 2 atom stereocenters. The fourth-order valence-electron chi connectivity index (χ4n) is 1.93. The standard InChI is InChI=1S/C16H30N2O4.K/c1-4-5-6-7-8-9-15(20)17-10-11-18(12-13(2)19)14(3)16(21)22;/h7-8,13-14,19H,4-6,9-12H2,1-3H3,(H,17,20)(H,21,22);/q;+1/p-1/b8-7+;. The van der Waals surface area contributed by atoms with Crippen molar-refractivity contribution in [3.63, 3.8) is 0 Å². The van der Waals surface area contributed by atoms with E-state index in [1.165, 1.54) is 0 Å². The van der Waals surface area contributed by atoms with Crippen LogP contribution in [0.3, 0.4) is 0 Å². The van der Waals surface area contributed by atoms with Gasteiger partial charge in [-0.25, -0.2) is 0 Å². The van der Waals surface area contributed by atoms with Crippen LogP contribution < -0.4 is 56.5 Å². The SMILES string of the molecule is CCCC/C=C/CC([O-])=NCCN(CC(C)O)C(C)C(=O)O.[K+]. The first-order chi connectivity index (χ1) is 10.4. The maximum absolute atomic E-state index is 11.6. The number of carboxylic acid groups (broad SMARTS) is 1. The van der Waals surface area contributed by atoms with Crippen molar-refractivity contribution in [2.45, 2.75) is 58.6 Å². The number of carbonyl (C=O) groups is 1. The topological polar surface area (TPSA) is 96.2 Å². The molecule has 0 amide bonds. The minimum Gasteiger partial charge on any atom is -0.862 e. The molecule has 0 rings (SSSR count). The van der Waals surface area contributed by atoms with Gasteiger partial charge in [0.05, 0.1) is 12.6 Å². The monoisotopic (exact) mass is 352 g/mol. The largest absolute Gasteiger partial charge is 1.00 e. The molecule has 0 radical (unpaired) electrons. The van der Waals surface area contributed by atoms with Gasteiger partial charge in [0.2, 0.25) is 0 Å². The van der Waals surface area contributed by atoms with Gasteiger partial charge in [0.25, 0.3) is 0 Å². The molecule has 6 nitrogen and oxygen atoms in total. The molecule has 0 aromatic rings. The molecule has 0 saturated heterocycles. The van der Waals surface area contributed by atoms with Crippen molar-refractivity contribution in [3.8, 4) is 0 Å². The molecular formula is C16H29KN2O4. The Bertz CT molecular complexity index is 373. The van der Waals surface area contributed by atoms with Crippen molar-refractivity contribution in [3.05, 3.63) is 12.2 Å². The van der Waals surface area contributed by atoms with Crippen LogP contribution in [-0.4, -0.2) is 58.8 Å². The number of aliphatic carboxylic acids is 1. The summed E-state index contributed by atoms with van der Waals surface area (Å²) in [7, 11) is 0. The molecule has 0 saturated carbocycles. The van der Waals surface area contributed by atoms with Crippen LogP contribution in [0.1, 0.15) is 46.5 Å². The number of hydrogen-bond acceptors (Lipinski definition) is 5. The Balaban J connectivity index is 0. The van der Waals surface area contributed by atoms with Gasteiger partial charge in [0, 0.05) is 13.1 Å². The number of aliphatic imine (C=N–C) groups is 1. The van der Waals surface area contributed by atoms with Crippen molar-refractivity contribution in [2.24, 2.45) is 4.99 Å². The zero-order valence-corrected chi connectivity index (χ0v) is 18.0. The Morgan fingerprint density at radius 1 is 1.35 bits per heavy atom. The van der Waals surface area contributed by atoms with Gasteiger partial charge in [-0.1, -0.05) is 31.9 Å². The number of aliphatic hydroxyl groups excluding tert-OH is 1. The predicted octanol–water partition coefficient (Wildman–Crippen LogP) is -1.96. The fraction of sp³-hybridized carbons (Fsp3) is 0.750. The Morgan fingerprint density at radius 3 is 2.52 bits per heavy atom. The van der Waals surface area contributed by atoms with Gasteiger partial charge in [-0.2, -0.15) is 0 Å². The summed E-state index contributed by atoms with van der Waals surface area (Å²) in [5, 5.41) is 30.0. The molecule has 0 heterocycles. The van der Waals surface area contributed by atoms with Crippen LogP contribution in [0, 0.1) is 0 Å². The van der Waals surface area contributed by atoms with E-state index in [0.717, 1.165) is 19.3 Å². The van der Waals surface area contributed by atoms with Gasteiger partial charge < -0.3 is 20.3 Å². The first-order valence-corrected chi connectivity index (χ1v) is 7.88. The van der Waals surface area contributed by atoms with Crippen LogP contribution in [0.5, 0.6) is 0 Å². The molecule has 0 aliphatic rings. The zero-order chi connectivity index (χ0) is 17.0. The second-order valence-electron chi connectivity index (χ2n) is 5.45. The average Bonchev–Trinajstić information content (AvgIpc) is 2.44. The summed E-state index contributed by atoms with van der Waals surface area (Å²) in [6.45, 7) is 6.10. The number of allylic oxidation sites excluding steroid dienone is 1. The maximum atomic E-state index is 11.6. The van der Waals surface area contributed by atoms with Crippen molar-refractivity contribution >= 4 is 11.9 Å². The molecule has 0 aliphatic heterocycles. The number of nitrogens with zero attached hydrogens (tertiary/aromatic N) is 2. The van der Waals surface area contributed by atoms with Crippen LogP contribution in [0.25, 0.3) is 0 Å². The van der Waals surface area contributed by atoms with Crippen molar-refractivity contribution in [2.75, 3.05) is 19.6 Å². The van der Waals surface area contributed by atoms with E-state index in [9.17, 15) is 15.0 Å². The first kappa shape index (κ1) is 25.5. The molecule has 7 heteroatoms. The Morgan fingerprint density at radius 2 is 2.00 bits per heavy atom. The zero-order valence-electron chi connectivity index (χ0n) is 14.9. The van der Waals surface area contributed by atoms with E-state index in [2.05, 4.69) is 11.9 Å². The quantitative estimate of drug-likeness (QED) is 0.140. The van der Waals surface area contributed by atoms with Crippen LogP contribution in [0.2, 0.25) is 0 Å². The molecule has 23 heavy (non-hydrogen) atoms. The summed E-state index contributed by atoms with van der Waals surface area (Å²) >= 11 is 0. The average molecular weight is 353 g/mol. The molecule has 128 valence electrons. The summed E-state index contributed by atoms with van der Waals surface area (Å²) in [5.41, 5.74) is 0. The molecule has 0 aromatic carbocycles. The second-order valence-corrected chi connectivity index (χ2v) is 5.45. The van der Waals surface area contributed by atoms with Crippen LogP contribution in [-0.2, 0) is 4.79 Å². The number of unbranched alkanes of at least 4 members (excludes halogenated alkanes) is 2. The van der Waals surface area contributed by atoms with Gasteiger partial charge in [0.15, 0.2) is 0 Å². The van der Waals surface area contributed by atoms with Gasteiger partial charge in [-0.15, -0.1) is 0 Å². The molecule has 0 aromatic heterocycles. The fourth-order valence-corrected chi connectivity index (χ4v) is 1.93. The molecule has 2 N–H and O–H groups in total. The Hall–Kier alpha value is 0.236. The second kappa shape index (κ2) is 15.7. The van der Waals surface area contributed by atoms with E-state index in [4.69, 9.17) is 5.11 Å². The van der Waals surface area contributed by atoms with Crippen LogP contribution in [0.15, 0.2) is 17.1 Å². The Labute approximate surface area is 182 Å². The Kier molecular flexibility index (Phi) is 17.4. The minimum absolute atomic E-state index is 0. The molecule has 0 bridgehead atoms. The van der Waals surface area contributed by atoms with Gasteiger partial charge in [0.1, 0.15) is 6.04 Å². The smallest absolute Gasteiger partial charge is 0.862 e. The molecule has 2 unspecified atom stereocenters. The number of carboxylic acids is 1. The number of hydrogen-bond donors (Lipinski definition) is 2.